The van der Waals surface area contributed by atoms with E-state index in [0.717, 1.165) is 6.61 Å². The van der Waals surface area contributed by atoms with Crippen LogP contribution in [0, 0.1) is 0 Å². The third-order valence-corrected chi connectivity index (χ3v) is 1.63. The van der Waals surface area contributed by atoms with Crippen LogP contribution in [0.4, 0.5) is 0 Å². The van der Waals surface area contributed by atoms with Crippen LogP contribution in [0.3, 0.4) is 0 Å². The van der Waals surface area contributed by atoms with E-state index in [2.05, 4.69) is 18.9 Å². The molecule has 1 aliphatic rings. The Hall–Kier alpha value is -0.0800. The lowest BCUT2D eigenvalue weighted by molar-refractivity contribution is -0.0706. The van der Waals surface area contributed by atoms with Gasteiger partial charge in [0.15, 0.2) is 0 Å². The smallest absolute Gasteiger partial charge is 0.107 e. The molecule has 1 atom stereocenters. The highest BCUT2D eigenvalue weighted by Crippen LogP contribution is 2.04. The Morgan fingerprint density at radius 2 is 2.38 bits per heavy atom. The maximum atomic E-state index is 5.32. The highest BCUT2D eigenvalue weighted by Gasteiger charge is 2.12. The van der Waals surface area contributed by atoms with E-state index >= 15 is 0 Å². The van der Waals surface area contributed by atoms with E-state index < -0.39 is 0 Å². The topological polar surface area (TPSA) is 12.5 Å². The molecule has 0 aromatic heterocycles. The highest BCUT2D eigenvalue weighted by molar-refractivity contribution is 4.58. The number of ether oxygens (including phenoxy) is 1. The highest BCUT2D eigenvalue weighted by atomic mass is 16.5. The van der Waals surface area contributed by atoms with Crippen molar-refractivity contribution >= 4 is 0 Å². The van der Waals surface area contributed by atoms with Crippen molar-refractivity contribution in [3.05, 3.63) is 0 Å². The zero-order valence-corrected chi connectivity index (χ0v) is 5.55. The molecule has 0 aromatic rings. The van der Waals surface area contributed by atoms with E-state index in [4.69, 9.17) is 4.74 Å². The normalized spacial score (nSPS) is 33.0. The second-order valence-corrected chi connectivity index (χ2v) is 2.30. The Kier molecular flexibility index (Phi) is 1.86. The molecule has 1 rings (SSSR count). The third-order valence-electron chi connectivity index (χ3n) is 1.63. The fourth-order valence-corrected chi connectivity index (χ4v) is 0.877. The van der Waals surface area contributed by atoms with Crippen LogP contribution >= 0.6 is 0 Å². The van der Waals surface area contributed by atoms with E-state index in [1.54, 1.807) is 0 Å². The molecule has 48 valence electrons. The molecule has 1 fully saturated rings. The van der Waals surface area contributed by atoms with Crippen LogP contribution in [0.15, 0.2) is 0 Å². The van der Waals surface area contributed by atoms with E-state index in [1.807, 2.05) is 0 Å². The summed E-state index contributed by atoms with van der Waals surface area (Å²) in [7, 11) is 2.09. The zero-order chi connectivity index (χ0) is 5.98. The van der Waals surface area contributed by atoms with Gasteiger partial charge in [-0.3, -0.25) is 4.90 Å². The lowest BCUT2D eigenvalue weighted by Gasteiger charge is -2.29. The summed E-state index contributed by atoms with van der Waals surface area (Å²) in [6.07, 6.45) is 1.52. The minimum absolute atomic E-state index is 0.337. The van der Waals surface area contributed by atoms with E-state index in [1.165, 1.54) is 13.0 Å². The van der Waals surface area contributed by atoms with Crippen LogP contribution < -0.4 is 0 Å². The SMILES string of the molecule is C[C@H]1OCCCN1C. The summed E-state index contributed by atoms with van der Waals surface area (Å²) in [4.78, 5) is 2.21. The number of hydrogen-bond donors (Lipinski definition) is 0. The van der Waals surface area contributed by atoms with Gasteiger partial charge >= 0.3 is 0 Å². The average molecular weight is 115 g/mol. The van der Waals surface area contributed by atoms with E-state index in [9.17, 15) is 0 Å². The predicted molar refractivity (Wildman–Crippen MR) is 32.7 cm³/mol. The monoisotopic (exact) mass is 115 g/mol. The summed E-state index contributed by atoms with van der Waals surface area (Å²) < 4.78 is 5.32. The molecule has 0 spiro atoms. The summed E-state index contributed by atoms with van der Waals surface area (Å²) in [5.74, 6) is 0. The van der Waals surface area contributed by atoms with E-state index in [0.29, 0.717) is 6.23 Å². The van der Waals surface area contributed by atoms with Gasteiger partial charge in [0.25, 0.3) is 0 Å². The maximum absolute atomic E-state index is 5.32. The van der Waals surface area contributed by atoms with Gasteiger partial charge < -0.3 is 4.74 Å². The first kappa shape index (κ1) is 6.05. The Morgan fingerprint density at radius 1 is 1.62 bits per heavy atom. The van der Waals surface area contributed by atoms with Gasteiger partial charge in [-0.15, -0.1) is 0 Å². The van der Waals surface area contributed by atoms with Gasteiger partial charge in [-0.1, -0.05) is 0 Å². The Balaban J connectivity index is 2.28. The number of rotatable bonds is 0. The summed E-state index contributed by atoms with van der Waals surface area (Å²) in [6.45, 7) is 4.20. The van der Waals surface area contributed by atoms with Crippen LogP contribution in [-0.2, 0) is 4.74 Å². The molecule has 0 aliphatic carbocycles. The summed E-state index contributed by atoms with van der Waals surface area (Å²) in [5, 5.41) is 0. The minimum atomic E-state index is 0.337. The molecule has 8 heavy (non-hydrogen) atoms. The molecule has 0 unspecified atom stereocenters. The van der Waals surface area contributed by atoms with Crippen LogP contribution in [0.2, 0.25) is 0 Å². The second-order valence-electron chi connectivity index (χ2n) is 2.30. The lowest BCUT2D eigenvalue weighted by atomic mass is 10.3. The van der Waals surface area contributed by atoms with Crippen molar-refractivity contribution in [2.45, 2.75) is 19.6 Å². The Bertz CT molecular complexity index is 64.9. The molecule has 0 aromatic carbocycles. The molecule has 0 radical (unpaired) electrons. The van der Waals surface area contributed by atoms with Gasteiger partial charge in [-0.25, -0.2) is 0 Å². The second kappa shape index (κ2) is 2.46. The lowest BCUT2D eigenvalue weighted by Crippen LogP contribution is -2.37. The third kappa shape index (κ3) is 1.20. The van der Waals surface area contributed by atoms with Crippen LogP contribution in [0.25, 0.3) is 0 Å². The summed E-state index contributed by atoms with van der Waals surface area (Å²) >= 11 is 0. The number of nitrogens with zero attached hydrogens (tertiary/aromatic N) is 1. The molecule has 0 amide bonds. The molecule has 0 saturated carbocycles. The zero-order valence-electron chi connectivity index (χ0n) is 5.55. The van der Waals surface area contributed by atoms with Gasteiger partial charge in [-0.05, 0) is 20.4 Å². The average Bonchev–Trinajstić information content (AvgIpc) is 1.77. The van der Waals surface area contributed by atoms with Crippen LogP contribution in [0.5, 0.6) is 0 Å². The van der Waals surface area contributed by atoms with Crippen molar-refractivity contribution in [3.8, 4) is 0 Å². The minimum Gasteiger partial charge on any atom is -0.363 e. The van der Waals surface area contributed by atoms with E-state index in [-0.39, 0.29) is 0 Å². The van der Waals surface area contributed by atoms with Crippen molar-refractivity contribution in [2.24, 2.45) is 0 Å². The largest absolute Gasteiger partial charge is 0.363 e. The van der Waals surface area contributed by atoms with Crippen molar-refractivity contribution in [1.29, 1.82) is 0 Å². The quantitative estimate of drug-likeness (QED) is 0.460. The Labute approximate surface area is 50.4 Å². The molecule has 1 aliphatic heterocycles. The molecule has 2 nitrogen and oxygen atoms in total. The summed E-state index contributed by atoms with van der Waals surface area (Å²) in [6, 6.07) is 0. The maximum Gasteiger partial charge on any atom is 0.107 e. The summed E-state index contributed by atoms with van der Waals surface area (Å²) in [5.41, 5.74) is 0. The molecule has 1 heterocycles. The predicted octanol–water partition coefficient (Wildman–Crippen LogP) is 0.684. The first-order valence-corrected chi connectivity index (χ1v) is 3.12. The van der Waals surface area contributed by atoms with Crippen molar-refractivity contribution in [2.75, 3.05) is 20.2 Å². The molecule has 1 saturated heterocycles. The van der Waals surface area contributed by atoms with Gasteiger partial charge in [0.1, 0.15) is 6.23 Å². The molecular formula is C6H13NO. The van der Waals surface area contributed by atoms with Crippen molar-refractivity contribution in [3.63, 3.8) is 0 Å². The van der Waals surface area contributed by atoms with Crippen LogP contribution in [0.1, 0.15) is 13.3 Å². The number of hydrogen-bond acceptors (Lipinski definition) is 2. The fourth-order valence-electron chi connectivity index (χ4n) is 0.877. The van der Waals surface area contributed by atoms with Crippen LogP contribution in [-0.4, -0.2) is 31.3 Å². The van der Waals surface area contributed by atoms with Gasteiger partial charge in [0, 0.05) is 13.2 Å². The van der Waals surface area contributed by atoms with Gasteiger partial charge in [0.2, 0.25) is 0 Å². The van der Waals surface area contributed by atoms with Crippen molar-refractivity contribution in [1.82, 2.24) is 4.90 Å². The van der Waals surface area contributed by atoms with Gasteiger partial charge in [-0.2, -0.15) is 0 Å². The first-order valence-electron chi connectivity index (χ1n) is 3.12. The molecule has 2 heteroatoms. The molecule has 0 N–H and O–H groups in total. The van der Waals surface area contributed by atoms with Crippen molar-refractivity contribution < 1.29 is 4.74 Å². The van der Waals surface area contributed by atoms with Gasteiger partial charge in [0.05, 0.1) is 0 Å². The molecule has 0 bridgehead atoms. The molecular weight excluding hydrogens is 102 g/mol. The Morgan fingerprint density at radius 3 is 2.75 bits per heavy atom. The first-order chi connectivity index (χ1) is 3.80. The fraction of sp³-hybridized carbons (Fsp3) is 1.00. The standard InChI is InChI=1S/C6H13NO/c1-6-7(2)4-3-5-8-6/h6H,3-5H2,1-2H3/t6-/m1/s1.